The van der Waals surface area contributed by atoms with E-state index in [1.165, 1.54) is 35.6 Å². The molecule has 3 rings (SSSR count). The van der Waals surface area contributed by atoms with Crippen LogP contribution in [0.4, 0.5) is 0 Å². The zero-order valence-corrected chi connectivity index (χ0v) is 23.1. The number of benzene rings is 2. The minimum atomic E-state index is -3.98. The van der Waals surface area contributed by atoms with Crippen LogP contribution >= 0.6 is 22.9 Å². The summed E-state index contributed by atoms with van der Waals surface area (Å²) in [7, 11) is -3.98. The highest BCUT2D eigenvalue weighted by Crippen LogP contribution is 2.27. The number of halogens is 1. The molecule has 0 aliphatic heterocycles. The lowest BCUT2D eigenvalue weighted by Crippen LogP contribution is -2.32. The summed E-state index contributed by atoms with van der Waals surface area (Å²) >= 11 is 7.50. The van der Waals surface area contributed by atoms with Crippen LogP contribution in [0.25, 0.3) is 10.2 Å². The third-order valence-corrected chi connectivity index (χ3v) is 8.87. The van der Waals surface area contributed by atoms with Crippen LogP contribution in [0.3, 0.4) is 0 Å². The number of rotatable bonds is 10. The number of hydrogen-bond acceptors (Lipinski definition) is 8. The van der Waals surface area contributed by atoms with E-state index in [2.05, 4.69) is 4.99 Å². The summed E-state index contributed by atoms with van der Waals surface area (Å²) in [5, 5.41) is 18.2. The largest absolute Gasteiger partial charge is 0.465 e. The molecule has 1 amide bonds. The Morgan fingerprint density at radius 1 is 1.11 bits per heavy atom. The van der Waals surface area contributed by atoms with Crippen molar-refractivity contribution in [3.05, 3.63) is 57.3 Å². The summed E-state index contributed by atoms with van der Waals surface area (Å²) < 4.78 is 34.5. The van der Waals surface area contributed by atoms with Crippen LogP contribution in [0.15, 0.2) is 46.3 Å². The average Bonchev–Trinajstić information content (AvgIpc) is 3.23. The standard InChI is InChI=1S/C25H24ClN5O5S2/c1-3-36-22(32)16-31-23-17(2)20(26)10-11-21(23)37-25(31)29-24(33)18-6-8-19(9-7-18)38(34,35)30(14-4-12-27)15-5-13-28/h6-11H,3-5,14-16H2,1-2H3. The average molecular weight is 574 g/mol. The lowest BCUT2D eigenvalue weighted by molar-refractivity contribution is -0.143. The number of ether oxygens (including phenoxy) is 1. The van der Waals surface area contributed by atoms with Gasteiger partial charge in [0.1, 0.15) is 6.54 Å². The van der Waals surface area contributed by atoms with Gasteiger partial charge in [0.15, 0.2) is 4.80 Å². The normalized spacial score (nSPS) is 11.9. The van der Waals surface area contributed by atoms with E-state index in [0.717, 1.165) is 14.6 Å². The number of hydrogen-bond donors (Lipinski definition) is 0. The molecule has 198 valence electrons. The zero-order chi connectivity index (χ0) is 27.9. The molecule has 1 aromatic heterocycles. The fourth-order valence-corrected chi connectivity index (χ4v) is 6.34. The third kappa shape index (κ3) is 6.47. The van der Waals surface area contributed by atoms with Gasteiger partial charge < -0.3 is 9.30 Å². The number of aromatic nitrogens is 1. The van der Waals surface area contributed by atoms with Gasteiger partial charge in [-0.1, -0.05) is 22.9 Å². The Labute approximate surface area is 229 Å². The van der Waals surface area contributed by atoms with Crippen molar-refractivity contribution >= 4 is 55.1 Å². The van der Waals surface area contributed by atoms with Crippen LogP contribution in [0.2, 0.25) is 5.02 Å². The highest BCUT2D eigenvalue weighted by Gasteiger charge is 2.24. The number of thiazole rings is 1. The van der Waals surface area contributed by atoms with Crippen molar-refractivity contribution in [1.29, 1.82) is 10.5 Å². The second-order valence-corrected chi connectivity index (χ2v) is 11.3. The van der Waals surface area contributed by atoms with E-state index in [-0.39, 0.29) is 54.3 Å². The number of esters is 1. The van der Waals surface area contributed by atoms with E-state index in [4.69, 9.17) is 26.9 Å². The van der Waals surface area contributed by atoms with Crippen molar-refractivity contribution in [2.45, 2.75) is 38.1 Å². The number of sulfonamides is 1. The quantitative estimate of drug-likeness (QED) is 0.335. The molecule has 13 heteroatoms. The van der Waals surface area contributed by atoms with E-state index in [1.54, 1.807) is 30.5 Å². The van der Waals surface area contributed by atoms with Gasteiger partial charge in [-0.15, -0.1) is 0 Å². The molecule has 0 atom stereocenters. The second kappa shape index (κ2) is 12.8. The topological polar surface area (TPSA) is 146 Å². The molecule has 0 saturated carbocycles. The molecular formula is C25H24ClN5O5S2. The van der Waals surface area contributed by atoms with Gasteiger partial charge in [0.2, 0.25) is 10.0 Å². The van der Waals surface area contributed by atoms with Gasteiger partial charge in [-0.05, 0) is 55.8 Å². The lowest BCUT2D eigenvalue weighted by Gasteiger charge is -2.20. The molecular weight excluding hydrogens is 550 g/mol. The molecule has 0 unspecified atom stereocenters. The fraction of sp³-hybridized carbons (Fsp3) is 0.320. The molecule has 3 aromatic rings. The predicted molar refractivity (Wildman–Crippen MR) is 142 cm³/mol. The highest BCUT2D eigenvalue weighted by atomic mass is 35.5. The van der Waals surface area contributed by atoms with E-state index >= 15 is 0 Å². The number of aryl methyl sites for hydroxylation is 1. The number of amides is 1. The van der Waals surface area contributed by atoms with Gasteiger partial charge in [0, 0.05) is 36.5 Å². The fourth-order valence-electron chi connectivity index (χ4n) is 3.65. The Bertz CT molecular complexity index is 1590. The van der Waals surface area contributed by atoms with Crippen LogP contribution in [0.5, 0.6) is 0 Å². The van der Waals surface area contributed by atoms with Crippen LogP contribution < -0.4 is 4.80 Å². The summed E-state index contributed by atoms with van der Waals surface area (Å²) in [5.74, 6) is -1.12. The molecule has 0 bridgehead atoms. The molecule has 2 aromatic carbocycles. The number of fused-ring (bicyclic) bond motifs is 1. The number of nitriles is 2. The first kappa shape index (κ1) is 29.0. The minimum absolute atomic E-state index is 0.0221. The Kier molecular flexibility index (Phi) is 9.78. The summed E-state index contributed by atoms with van der Waals surface area (Å²) in [6, 6.07) is 12.6. The molecule has 10 nitrogen and oxygen atoms in total. The third-order valence-electron chi connectivity index (χ3n) is 5.50. The van der Waals surface area contributed by atoms with E-state index in [0.29, 0.717) is 10.5 Å². The van der Waals surface area contributed by atoms with Crippen molar-refractivity contribution in [2.24, 2.45) is 4.99 Å². The van der Waals surface area contributed by atoms with E-state index < -0.39 is 21.9 Å². The lowest BCUT2D eigenvalue weighted by atomic mass is 10.2. The Morgan fingerprint density at radius 3 is 2.32 bits per heavy atom. The zero-order valence-electron chi connectivity index (χ0n) is 20.7. The van der Waals surface area contributed by atoms with Crippen molar-refractivity contribution < 1.29 is 22.7 Å². The Balaban J connectivity index is 1.99. The number of carbonyl (C=O) groups excluding carboxylic acids is 2. The van der Waals surface area contributed by atoms with Crippen LogP contribution in [-0.4, -0.2) is 48.9 Å². The van der Waals surface area contributed by atoms with Gasteiger partial charge in [0.05, 0.1) is 33.9 Å². The van der Waals surface area contributed by atoms with Gasteiger partial charge in [0.25, 0.3) is 5.91 Å². The van der Waals surface area contributed by atoms with Crippen molar-refractivity contribution in [1.82, 2.24) is 8.87 Å². The molecule has 0 saturated heterocycles. The molecule has 1 heterocycles. The smallest absolute Gasteiger partial charge is 0.326 e. The predicted octanol–water partition coefficient (Wildman–Crippen LogP) is 3.79. The molecule has 0 aliphatic carbocycles. The first-order valence-electron chi connectivity index (χ1n) is 11.5. The van der Waals surface area contributed by atoms with Crippen LogP contribution in [0.1, 0.15) is 35.7 Å². The molecule has 0 radical (unpaired) electrons. The maximum absolute atomic E-state index is 13.0. The first-order chi connectivity index (χ1) is 18.1. The summed E-state index contributed by atoms with van der Waals surface area (Å²) in [4.78, 5) is 29.7. The number of nitrogens with zero attached hydrogens (tertiary/aromatic N) is 5. The molecule has 38 heavy (non-hydrogen) atoms. The Morgan fingerprint density at radius 2 is 1.74 bits per heavy atom. The summed E-state index contributed by atoms with van der Waals surface area (Å²) in [6.45, 7) is 3.44. The highest BCUT2D eigenvalue weighted by molar-refractivity contribution is 7.89. The van der Waals surface area contributed by atoms with Gasteiger partial charge in [-0.3, -0.25) is 9.59 Å². The van der Waals surface area contributed by atoms with Crippen molar-refractivity contribution in [2.75, 3.05) is 19.7 Å². The Hall–Kier alpha value is -3.55. The maximum Gasteiger partial charge on any atom is 0.326 e. The summed E-state index contributed by atoms with van der Waals surface area (Å²) in [5.41, 5.74) is 1.53. The first-order valence-corrected chi connectivity index (χ1v) is 14.1. The van der Waals surface area contributed by atoms with Gasteiger partial charge in [-0.2, -0.15) is 19.8 Å². The van der Waals surface area contributed by atoms with E-state index in [9.17, 15) is 18.0 Å². The summed E-state index contributed by atoms with van der Waals surface area (Å²) in [6.07, 6.45) is -0.0441. The molecule has 0 aliphatic rings. The van der Waals surface area contributed by atoms with Gasteiger partial charge in [-0.25, -0.2) is 8.42 Å². The van der Waals surface area contributed by atoms with Crippen molar-refractivity contribution in [3.8, 4) is 12.1 Å². The molecule has 0 spiro atoms. The molecule has 0 N–H and O–H groups in total. The van der Waals surface area contributed by atoms with Crippen molar-refractivity contribution in [3.63, 3.8) is 0 Å². The van der Waals surface area contributed by atoms with Crippen LogP contribution in [-0.2, 0) is 26.1 Å². The minimum Gasteiger partial charge on any atom is -0.465 e. The SMILES string of the molecule is CCOC(=O)Cn1c(=NC(=O)c2ccc(S(=O)(=O)N(CCC#N)CCC#N)cc2)sc2ccc(Cl)c(C)c21. The monoisotopic (exact) mass is 573 g/mol. The van der Waals surface area contributed by atoms with E-state index in [1.807, 2.05) is 12.1 Å². The second-order valence-electron chi connectivity index (χ2n) is 7.96. The van der Waals surface area contributed by atoms with Crippen LogP contribution in [0, 0.1) is 29.6 Å². The molecule has 0 fully saturated rings. The number of carbonyl (C=O) groups is 2. The maximum atomic E-state index is 13.0. The van der Waals surface area contributed by atoms with Gasteiger partial charge >= 0.3 is 5.97 Å².